The van der Waals surface area contributed by atoms with Crippen molar-refractivity contribution < 1.29 is 14.2 Å². The number of hydrogen-bond donors (Lipinski definition) is 1. The van der Waals surface area contributed by atoms with Crippen LogP contribution < -0.4 is 14.8 Å². The topological polar surface area (TPSA) is 52.1 Å². The molecule has 1 N–H and O–H groups in total. The summed E-state index contributed by atoms with van der Waals surface area (Å²) in [6.07, 6.45) is 12.7. The van der Waals surface area contributed by atoms with Crippen LogP contribution in [0.1, 0.15) is 31.9 Å². The van der Waals surface area contributed by atoms with Crippen LogP contribution >= 0.6 is 11.6 Å². The lowest BCUT2D eigenvalue weighted by Crippen LogP contribution is -2.35. The Bertz CT molecular complexity index is 964. The maximum absolute atomic E-state index is 6.21. The molecule has 0 fully saturated rings. The third-order valence-corrected chi connectivity index (χ3v) is 6.16. The number of para-hydroxylation sites is 1. The maximum atomic E-state index is 6.21. The van der Waals surface area contributed by atoms with Gasteiger partial charge in [0.25, 0.3) is 0 Å². The van der Waals surface area contributed by atoms with E-state index >= 15 is 0 Å². The predicted molar refractivity (Wildman–Crippen MR) is 124 cm³/mol. The molecule has 4 rings (SSSR count). The molecule has 3 aliphatic rings. The Labute approximate surface area is 189 Å². The van der Waals surface area contributed by atoms with Gasteiger partial charge in [-0.15, -0.1) is 0 Å². The van der Waals surface area contributed by atoms with E-state index in [4.69, 9.17) is 25.8 Å². The lowest BCUT2D eigenvalue weighted by atomic mass is 9.81. The Hall–Kier alpha value is -2.50. The highest BCUT2D eigenvalue weighted by Gasteiger charge is 2.37. The molecule has 31 heavy (non-hydrogen) atoms. The van der Waals surface area contributed by atoms with Crippen molar-refractivity contribution >= 4 is 17.4 Å². The van der Waals surface area contributed by atoms with Crippen molar-refractivity contribution in [2.24, 2.45) is 22.7 Å². The summed E-state index contributed by atoms with van der Waals surface area (Å²) < 4.78 is 18.3. The van der Waals surface area contributed by atoms with E-state index in [-0.39, 0.29) is 17.9 Å². The van der Waals surface area contributed by atoms with Crippen LogP contribution in [0.25, 0.3) is 0 Å². The molecule has 1 aliphatic carbocycles. The molecule has 1 aromatic carbocycles. The third kappa shape index (κ3) is 4.58. The van der Waals surface area contributed by atoms with Gasteiger partial charge in [-0.1, -0.05) is 48.9 Å². The molecule has 0 radical (unpaired) electrons. The van der Waals surface area contributed by atoms with Crippen molar-refractivity contribution in [2.75, 3.05) is 20.3 Å². The summed E-state index contributed by atoms with van der Waals surface area (Å²) in [7, 11) is 1.73. The SMILES string of the molecule is CCOc1c(OCC2C=CC(Cl)=CC2)cccc1C(OC)C1=CN=C2NC=CC(C)C12. The fourth-order valence-electron chi connectivity index (χ4n) is 4.32. The molecule has 6 heteroatoms. The smallest absolute Gasteiger partial charge is 0.167 e. The van der Waals surface area contributed by atoms with Crippen LogP contribution in [0, 0.1) is 17.8 Å². The maximum Gasteiger partial charge on any atom is 0.167 e. The van der Waals surface area contributed by atoms with Crippen molar-refractivity contribution in [2.45, 2.75) is 26.4 Å². The fourth-order valence-corrected chi connectivity index (χ4v) is 4.48. The van der Waals surface area contributed by atoms with Gasteiger partial charge in [0.05, 0.1) is 13.2 Å². The number of halogens is 1. The van der Waals surface area contributed by atoms with Gasteiger partial charge in [0, 0.05) is 35.7 Å². The summed E-state index contributed by atoms with van der Waals surface area (Å²) in [5.74, 6) is 3.20. The van der Waals surface area contributed by atoms with E-state index in [9.17, 15) is 0 Å². The number of fused-ring (bicyclic) bond motifs is 1. The van der Waals surface area contributed by atoms with Crippen LogP contribution in [0.15, 0.2) is 70.5 Å². The summed E-state index contributed by atoms with van der Waals surface area (Å²) in [5.41, 5.74) is 2.07. The number of hydrogen-bond acceptors (Lipinski definition) is 5. The lowest BCUT2D eigenvalue weighted by molar-refractivity contribution is 0.121. The summed E-state index contributed by atoms with van der Waals surface area (Å²) >= 11 is 6.03. The number of rotatable bonds is 8. The van der Waals surface area contributed by atoms with E-state index in [1.54, 1.807) is 7.11 Å². The number of nitrogens with one attached hydrogen (secondary N) is 1. The van der Waals surface area contributed by atoms with Gasteiger partial charge in [0.2, 0.25) is 0 Å². The lowest BCUT2D eigenvalue weighted by Gasteiger charge is -2.30. The quantitative estimate of drug-likeness (QED) is 0.578. The van der Waals surface area contributed by atoms with E-state index in [1.165, 1.54) is 0 Å². The van der Waals surface area contributed by atoms with E-state index in [0.717, 1.165) is 39.9 Å². The Balaban J connectivity index is 1.59. The highest BCUT2D eigenvalue weighted by molar-refractivity contribution is 6.31. The molecule has 2 aliphatic heterocycles. The van der Waals surface area contributed by atoms with Gasteiger partial charge in [0.15, 0.2) is 11.5 Å². The fraction of sp³-hybridized carbons (Fsp3) is 0.400. The summed E-state index contributed by atoms with van der Waals surface area (Å²) in [6.45, 7) is 5.27. The Morgan fingerprint density at radius 2 is 2.13 bits per heavy atom. The monoisotopic (exact) mass is 440 g/mol. The van der Waals surface area contributed by atoms with Crippen molar-refractivity contribution in [3.05, 3.63) is 71.1 Å². The Morgan fingerprint density at radius 3 is 2.87 bits per heavy atom. The predicted octanol–water partition coefficient (Wildman–Crippen LogP) is 5.52. The summed E-state index contributed by atoms with van der Waals surface area (Å²) in [4.78, 5) is 4.60. The van der Waals surface area contributed by atoms with Gasteiger partial charge in [-0.05, 0) is 43.2 Å². The number of benzene rings is 1. The molecule has 0 saturated heterocycles. The van der Waals surface area contributed by atoms with E-state index in [0.29, 0.717) is 19.1 Å². The Morgan fingerprint density at radius 1 is 1.26 bits per heavy atom. The van der Waals surface area contributed by atoms with Gasteiger partial charge >= 0.3 is 0 Å². The molecule has 4 atom stereocenters. The molecule has 0 saturated carbocycles. The van der Waals surface area contributed by atoms with Gasteiger partial charge < -0.3 is 19.5 Å². The molecule has 2 heterocycles. The van der Waals surface area contributed by atoms with Gasteiger partial charge in [-0.3, -0.25) is 0 Å². The van der Waals surface area contributed by atoms with E-state index in [1.807, 2.05) is 49.7 Å². The number of ether oxygens (including phenoxy) is 3. The Kier molecular flexibility index (Phi) is 6.83. The van der Waals surface area contributed by atoms with Crippen LogP contribution in [0.4, 0.5) is 0 Å². The molecule has 4 unspecified atom stereocenters. The molecule has 164 valence electrons. The second-order valence-electron chi connectivity index (χ2n) is 7.96. The minimum absolute atomic E-state index is 0.165. The molecule has 0 bridgehead atoms. The summed E-state index contributed by atoms with van der Waals surface area (Å²) in [5, 5.41) is 4.05. The number of allylic oxidation sites excluding steroid dienone is 4. The van der Waals surface area contributed by atoms with Crippen molar-refractivity contribution in [1.29, 1.82) is 0 Å². The molecule has 0 aromatic heterocycles. The van der Waals surface area contributed by atoms with Gasteiger partial charge in [0.1, 0.15) is 11.9 Å². The van der Waals surface area contributed by atoms with Crippen LogP contribution in [-0.4, -0.2) is 26.2 Å². The minimum atomic E-state index is -0.275. The number of methoxy groups -OCH3 is 1. The van der Waals surface area contributed by atoms with Crippen LogP contribution in [-0.2, 0) is 4.74 Å². The largest absolute Gasteiger partial charge is 0.490 e. The molecular weight excluding hydrogens is 412 g/mol. The normalized spacial score (nSPS) is 25.2. The first kappa shape index (κ1) is 21.7. The zero-order valence-electron chi connectivity index (χ0n) is 18.2. The first-order valence-corrected chi connectivity index (χ1v) is 11.2. The second-order valence-corrected chi connectivity index (χ2v) is 8.40. The first-order chi connectivity index (χ1) is 15.1. The zero-order valence-corrected chi connectivity index (χ0v) is 18.9. The van der Waals surface area contributed by atoms with Gasteiger partial charge in [-0.2, -0.15) is 0 Å². The number of nitrogens with zero attached hydrogens (tertiary/aromatic N) is 1. The number of amidine groups is 1. The standard InChI is InChI=1S/C25H29ClN2O3/c1-4-30-24-19(6-5-7-21(24)31-15-17-8-10-18(26)11-9-17)23(29-3)20-14-28-25-22(20)16(2)12-13-27-25/h5-8,10-14,16-17,22-23H,4,9,15H2,1-3H3,(H,27,28). The van der Waals surface area contributed by atoms with Gasteiger partial charge in [-0.25, -0.2) is 4.99 Å². The highest BCUT2D eigenvalue weighted by atomic mass is 35.5. The highest BCUT2D eigenvalue weighted by Crippen LogP contribution is 2.44. The van der Waals surface area contributed by atoms with Crippen molar-refractivity contribution in [3.8, 4) is 11.5 Å². The second kappa shape index (κ2) is 9.75. The first-order valence-electron chi connectivity index (χ1n) is 10.8. The molecule has 0 spiro atoms. The number of aliphatic imine (C=N–C) groups is 1. The average molecular weight is 441 g/mol. The molecule has 5 nitrogen and oxygen atoms in total. The minimum Gasteiger partial charge on any atom is -0.490 e. The van der Waals surface area contributed by atoms with Crippen LogP contribution in [0.2, 0.25) is 0 Å². The van der Waals surface area contributed by atoms with E-state index < -0.39 is 0 Å². The molecular formula is C25H29ClN2O3. The van der Waals surface area contributed by atoms with E-state index in [2.05, 4.69) is 29.4 Å². The average Bonchev–Trinajstić information content (AvgIpc) is 3.21. The van der Waals surface area contributed by atoms with Crippen LogP contribution in [0.3, 0.4) is 0 Å². The van der Waals surface area contributed by atoms with Crippen molar-refractivity contribution in [1.82, 2.24) is 5.32 Å². The molecule has 1 aromatic rings. The third-order valence-electron chi connectivity index (χ3n) is 5.88. The zero-order chi connectivity index (χ0) is 21.8. The molecule has 0 amide bonds. The van der Waals surface area contributed by atoms with Crippen LogP contribution in [0.5, 0.6) is 11.5 Å². The van der Waals surface area contributed by atoms with Crippen molar-refractivity contribution in [3.63, 3.8) is 0 Å². The summed E-state index contributed by atoms with van der Waals surface area (Å²) in [6, 6.07) is 5.99.